The van der Waals surface area contributed by atoms with E-state index in [-0.39, 0.29) is 16.5 Å². The van der Waals surface area contributed by atoms with Crippen molar-refractivity contribution >= 4 is 22.8 Å². The van der Waals surface area contributed by atoms with E-state index < -0.39 is 5.97 Å². The fraction of sp³-hybridized carbons (Fsp3) is 0.438. The highest BCUT2D eigenvalue weighted by Gasteiger charge is 2.16. The molecule has 1 aliphatic heterocycles. The molecule has 122 valence electrons. The Morgan fingerprint density at radius 2 is 2.17 bits per heavy atom. The van der Waals surface area contributed by atoms with E-state index >= 15 is 0 Å². The van der Waals surface area contributed by atoms with Crippen molar-refractivity contribution in [1.29, 1.82) is 0 Å². The summed E-state index contributed by atoms with van der Waals surface area (Å²) in [7, 11) is 1.29. The number of H-pyrrole nitrogens is 1. The number of esters is 1. The largest absolute Gasteiger partial charge is 0.465 e. The first-order valence-corrected chi connectivity index (χ1v) is 7.75. The molecule has 2 heterocycles. The predicted octanol–water partition coefficient (Wildman–Crippen LogP) is 1.12. The zero-order valence-corrected chi connectivity index (χ0v) is 13.0. The number of nitrogens with one attached hydrogen (secondary N) is 3. The lowest BCUT2D eigenvalue weighted by atomic mass is 9.98. The van der Waals surface area contributed by atoms with Crippen molar-refractivity contribution in [3.63, 3.8) is 0 Å². The Bertz CT molecular complexity index is 765. The van der Waals surface area contributed by atoms with Gasteiger partial charge >= 0.3 is 5.97 Å². The van der Waals surface area contributed by atoms with Gasteiger partial charge in [-0.1, -0.05) is 6.07 Å². The molecule has 1 fully saturated rings. The summed E-state index contributed by atoms with van der Waals surface area (Å²) in [5.74, 6) is 0.458. The highest BCUT2D eigenvalue weighted by Crippen LogP contribution is 2.16. The Labute approximate surface area is 133 Å². The summed E-state index contributed by atoms with van der Waals surface area (Å²) in [5.41, 5.74) is 0.358. The van der Waals surface area contributed by atoms with Crippen molar-refractivity contribution in [2.75, 3.05) is 32.1 Å². The molecule has 1 aromatic carbocycles. The molecular weight excluding hydrogens is 296 g/mol. The average molecular weight is 316 g/mol. The maximum atomic E-state index is 12.3. The topological polar surface area (TPSA) is 96.1 Å². The van der Waals surface area contributed by atoms with Crippen molar-refractivity contribution in [2.24, 2.45) is 5.92 Å². The molecule has 0 saturated carbocycles. The summed E-state index contributed by atoms with van der Waals surface area (Å²) >= 11 is 0. The molecule has 7 nitrogen and oxygen atoms in total. The van der Waals surface area contributed by atoms with E-state index in [1.807, 2.05) is 0 Å². The molecule has 0 spiro atoms. The van der Waals surface area contributed by atoms with Crippen LogP contribution in [0.4, 0.5) is 5.95 Å². The summed E-state index contributed by atoms with van der Waals surface area (Å²) in [6.07, 6.45) is 2.22. The number of fused-ring (bicyclic) bond motifs is 1. The van der Waals surface area contributed by atoms with Gasteiger partial charge in [-0.25, -0.2) is 9.78 Å². The van der Waals surface area contributed by atoms with E-state index in [0.29, 0.717) is 17.4 Å². The van der Waals surface area contributed by atoms with E-state index in [9.17, 15) is 9.59 Å². The first-order valence-electron chi connectivity index (χ1n) is 7.75. The number of hydrogen-bond acceptors (Lipinski definition) is 6. The molecule has 0 unspecified atom stereocenters. The zero-order valence-electron chi connectivity index (χ0n) is 13.0. The van der Waals surface area contributed by atoms with Gasteiger partial charge in [0.05, 0.1) is 23.6 Å². The van der Waals surface area contributed by atoms with Crippen LogP contribution in [0.2, 0.25) is 0 Å². The molecule has 0 bridgehead atoms. The van der Waals surface area contributed by atoms with Gasteiger partial charge in [0.1, 0.15) is 0 Å². The van der Waals surface area contributed by atoms with Gasteiger partial charge < -0.3 is 15.4 Å². The Balaban J connectivity index is 1.86. The summed E-state index contributed by atoms with van der Waals surface area (Å²) in [6, 6.07) is 4.97. The molecule has 1 aliphatic rings. The standard InChI is InChI=1S/C16H20N4O3/c1-23-15(22)11-3-2-4-12-13(11)14(21)20-16(19-12)18-9-10-5-7-17-8-6-10/h2-4,10,17H,5-9H2,1H3,(H2,18,19,20,21). The van der Waals surface area contributed by atoms with Crippen LogP contribution in [-0.2, 0) is 4.74 Å². The van der Waals surface area contributed by atoms with Gasteiger partial charge in [-0.3, -0.25) is 9.78 Å². The minimum Gasteiger partial charge on any atom is -0.465 e. The number of benzene rings is 1. The molecule has 3 rings (SSSR count). The number of hydrogen-bond donors (Lipinski definition) is 3. The minimum atomic E-state index is -0.543. The number of rotatable bonds is 4. The first-order chi connectivity index (χ1) is 11.2. The second-order valence-electron chi connectivity index (χ2n) is 5.68. The number of aromatic amines is 1. The number of anilines is 1. The van der Waals surface area contributed by atoms with Gasteiger partial charge in [0.15, 0.2) is 0 Å². The van der Waals surface area contributed by atoms with E-state index in [1.165, 1.54) is 7.11 Å². The predicted molar refractivity (Wildman–Crippen MR) is 87.8 cm³/mol. The Morgan fingerprint density at radius 3 is 2.91 bits per heavy atom. The maximum absolute atomic E-state index is 12.3. The van der Waals surface area contributed by atoms with E-state index in [2.05, 4.69) is 20.6 Å². The lowest BCUT2D eigenvalue weighted by Crippen LogP contribution is -2.31. The van der Waals surface area contributed by atoms with Crippen LogP contribution in [0.15, 0.2) is 23.0 Å². The van der Waals surface area contributed by atoms with Crippen molar-refractivity contribution < 1.29 is 9.53 Å². The minimum absolute atomic E-state index is 0.226. The summed E-state index contributed by atoms with van der Waals surface area (Å²) in [4.78, 5) is 31.2. The molecule has 2 aromatic rings. The number of aromatic nitrogens is 2. The average Bonchev–Trinajstić information content (AvgIpc) is 2.59. The number of piperidine rings is 1. The third kappa shape index (κ3) is 3.34. The molecule has 7 heteroatoms. The molecule has 1 saturated heterocycles. The van der Waals surface area contributed by atoms with Crippen LogP contribution in [0.1, 0.15) is 23.2 Å². The normalized spacial score (nSPS) is 15.5. The highest BCUT2D eigenvalue weighted by atomic mass is 16.5. The van der Waals surface area contributed by atoms with E-state index in [1.54, 1.807) is 18.2 Å². The van der Waals surface area contributed by atoms with Gasteiger partial charge in [0.25, 0.3) is 5.56 Å². The van der Waals surface area contributed by atoms with Crippen LogP contribution in [0, 0.1) is 5.92 Å². The van der Waals surface area contributed by atoms with E-state index in [4.69, 9.17) is 4.74 Å². The van der Waals surface area contributed by atoms with Crippen molar-refractivity contribution in [1.82, 2.24) is 15.3 Å². The van der Waals surface area contributed by atoms with Crippen LogP contribution < -0.4 is 16.2 Å². The highest BCUT2D eigenvalue weighted by molar-refractivity contribution is 6.03. The van der Waals surface area contributed by atoms with Gasteiger partial charge in [-0.2, -0.15) is 0 Å². The number of carbonyl (C=O) groups excluding carboxylic acids is 1. The monoisotopic (exact) mass is 316 g/mol. The maximum Gasteiger partial charge on any atom is 0.338 e. The molecule has 0 aliphatic carbocycles. The SMILES string of the molecule is COC(=O)c1cccc2nc(NCC3CCNCC3)[nH]c(=O)c12. The molecule has 3 N–H and O–H groups in total. The molecule has 0 amide bonds. The number of ether oxygens (including phenoxy) is 1. The number of methoxy groups -OCH3 is 1. The molecular formula is C16H20N4O3. The number of carbonyl (C=O) groups is 1. The second kappa shape index (κ2) is 6.78. The Morgan fingerprint density at radius 1 is 1.39 bits per heavy atom. The zero-order chi connectivity index (χ0) is 16.2. The Kier molecular flexibility index (Phi) is 4.57. The third-order valence-electron chi connectivity index (χ3n) is 4.16. The third-order valence-corrected chi connectivity index (χ3v) is 4.16. The fourth-order valence-electron chi connectivity index (χ4n) is 2.88. The quantitative estimate of drug-likeness (QED) is 0.732. The van der Waals surface area contributed by atoms with Gasteiger partial charge in [0, 0.05) is 6.54 Å². The smallest absolute Gasteiger partial charge is 0.338 e. The van der Waals surface area contributed by atoms with Gasteiger partial charge in [-0.15, -0.1) is 0 Å². The lowest BCUT2D eigenvalue weighted by molar-refractivity contribution is 0.0603. The van der Waals surface area contributed by atoms with Crippen LogP contribution >= 0.6 is 0 Å². The van der Waals surface area contributed by atoms with Gasteiger partial charge in [-0.05, 0) is 44.0 Å². The van der Waals surface area contributed by atoms with Crippen molar-refractivity contribution in [2.45, 2.75) is 12.8 Å². The van der Waals surface area contributed by atoms with E-state index in [0.717, 1.165) is 32.5 Å². The molecule has 0 radical (unpaired) electrons. The second-order valence-corrected chi connectivity index (χ2v) is 5.68. The van der Waals surface area contributed by atoms with Crippen LogP contribution in [0.5, 0.6) is 0 Å². The summed E-state index contributed by atoms with van der Waals surface area (Å²) < 4.78 is 4.72. The van der Waals surface area contributed by atoms with Gasteiger partial charge in [0.2, 0.25) is 5.95 Å². The first kappa shape index (κ1) is 15.5. The summed E-state index contributed by atoms with van der Waals surface area (Å²) in [6.45, 7) is 2.82. The molecule has 23 heavy (non-hydrogen) atoms. The molecule has 0 atom stereocenters. The lowest BCUT2D eigenvalue weighted by Gasteiger charge is -2.22. The van der Waals surface area contributed by atoms with Crippen molar-refractivity contribution in [3.8, 4) is 0 Å². The fourth-order valence-corrected chi connectivity index (χ4v) is 2.88. The van der Waals surface area contributed by atoms with Crippen LogP contribution in [0.25, 0.3) is 10.9 Å². The number of nitrogens with zero attached hydrogens (tertiary/aromatic N) is 1. The van der Waals surface area contributed by atoms with Crippen molar-refractivity contribution in [3.05, 3.63) is 34.1 Å². The van der Waals surface area contributed by atoms with Crippen LogP contribution in [0.3, 0.4) is 0 Å². The summed E-state index contributed by atoms with van der Waals surface area (Å²) in [5, 5.41) is 6.78. The van der Waals surface area contributed by atoms with Crippen LogP contribution in [-0.4, -0.2) is 42.7 Å². The molecule has 1 aromatic heterocycles. The Hall–Kier alpha value is -2.41.